The van der Waals surface area contributed by atoms with E-state index in [1.54, 1.807) is 0 Å². The number of nitrogens with zero attached hydrogens (tertiary/aromatic N) is 2. The first-order valence-electron chi connectivity index (χ1n) is 10.8. The lowest BCUT2D eigenvalue weighted by Gasteiger charge is -2.57. The fourth-order valence-corrected chi connectivity index (χ4v) is 5.96. The summed E-state index contributed by atoms with van der Waals surface area (Å²) in [6.07, 6.45) is 3.90. The zero-order chi connectivity index (χ0) is 19.3. The molecular weight excluding hydrogens is 352 g/mol. The second-order valence-corrected chi connectivity index (χ2v) is 8.94. The molecule has 28 heavy (non-hydrogen) atoms. The molecule has 6 nitrogen and oxygen atoms in total. The number of fused-ring (bicyclic) bond motifs is 3. The highest BCUT2D eigenvalue weighted by Crippen LogP contribution is 2.52. The molecule has 6 heteroatoms. The fraction of sp³-hybridized carbons (Fsp3) is 0.636. The Bertz CT molecular complexity index is 788. The van der Waals surface area contributed by atoms with Crippen LogP contribution in [0, 0.1) is 17.8 Å². The quantitative estimate of drug-likeness (QED) is 0.823. The summed E-state index contributed by atoms with van der Waals surface area (Å²) >= 11 is 0. The number of carbonyl (C=O) groups is 2. The predicted molar refractivity (Wildman–Crippen MR) is 108 cm³/mol. The van der Waals surface area contributed by atoms with Gasteiger partial charge in [0.2, 0.25) is 5.91 Å². The number of piperazine rings is 1. The van der Waals surface area contributed by atoms with Gasteiger partial charge < -0.3 is 20.4 Å². The van der Waals surface area contributed by atoms with Gasteiger partial charge >= 0.3 is 0 Å². The number of likely N-dealkylation sites (N-methyl/N-ethyl adjacent to an activating group) is 1. The molecule has 2 amide bonds. The second-order valence-electron chi connectivity index (χ2n) is 8.94. The van der Waals surface area contributed by atoms with Crippen LogP contribution in [0.2, 0.25) is 0 Å². The van der Waals surface area contributed by atoms with E-state index >= 15 is 0 Å². The topological polar surface area (TPSA) is 64.7 Å². The third-order valence-electron chi connectivity index (χ3n) is 7.59. The molecule has 4 fully saturated rings. The van der Waals surface area contributed by atoms with Crippen molar-refractivity contribution >= 4 is 17.5 Å². The van der Waals surface area contributed by atoms with E-state index in [4.69, 9.17) is 0 Å². The maximum absolute atomic E-state index is 13.3. The van der Waals surface area contributed by atoms with Crippen LogP contribution in [0.3, 0.4) is 0 Å². The smallest absolute Gasteiger partial charge is 0.255 e. The van der Waals surface area contributed by atoms with E-state index in [-0.39, 0.29) is 17.5 Å². The van der Waals surface area contributed by atoms with Crippen LogP contribution < -0.4 is 10.6 Å². The Hall–Kier alpha value is -2.08. The summed E-state index contributed by atoms with van der Waals surface area (Å²) < 4.78 is 0. The van der Waals surface area contributed by atoms with Crippen molar-refractivity contribution in [1.29, 1.82) is 0 Å². The molecule has 1 aromatic carbocycles. The van der Waals surface area contributed by atoms with Crippen molar-refractivity contribution in [3.8, 4) is 0 Å². The van der Waals surface area contributed by atoms with Crippen molar-refractivity contribution in [3.05, 3.63) is 29.8 Å². The average molecular weight is 383 g/mol. The van der Waals surface area contributed by atoms with Gasteiger partial charge in [0.1, 0.15) is 5.66 Å². The van der Waals surface area contributed by atoms with E-state index < -0.39 is 0 Å². The minimum absolute atomic E-state index is 0.0143. The molecule has 5 aliphatic rings. The Morgan fingerprint density at radius 2 is 1.93 bits per heavy atom. The summed E-state index contributed by atoms with van der Waals surface area (Å²) in [7, 11) is 0. The minimum Gasteiger partial charge on any atom is -0.362 e. The molecule has 2 aliphatic heterocycles. The van der Waals surface area contributed by atoms with Gasteiger partial charge in [-0.2, -0.15) is 0 Å². The van der Waals surface area contributed by atoms with E-state index in [2.05, 4.69) is 27.4 Å². The van der Waals surface area contributed by atoms with Crippen LogP contribution in [-0.2, 0) is 4.79 Å². The summed E-state index contributed by atoms with van der Waals surface area (Å²) in [5, 5.41) is 6.95. The monoisotopic (exact) mass is 382 g/mol. The van der Waals surface area contributed by atoms with Crippen LogP contribution in [0.15, 0.2) is 24.3 Å². The first-order chi connectivity index (χ1) is 13.6. The number of benzene rings is 1. The third kappa shape index (κ3) is 2.81. The number of hydrogen-bond acceptors (Lipinski definition) is 4. The SMILES string of the molecule is CCN1CCN(C(=O)[C@H]2C[C@H]3CC[C@@H]2C[C@]32NC(=O)c3ccccc3N2)CC1. The van der Waals surface area contributed by atoms with E-state index in [9.17, 15) is 9.59 Å². The van der Waals surface area contributed by atoms with Crippen molar-refractivity contribution < 1.29 is 9.59 Å². The normalized spacial score (nSPS) is 34.7. The molecule has 0 unspecified atom stereocenters. The number of anilines is 1. The van der Waals surface area contributed by atoms with Crippen molar-refractivity contribution in [2.24, 2.45) is 17.8 Å². The lowest BCUT2D eigenvalue weighted by atomic mass is 9.58. The highest BCUT2D eigenvalue weighted by atomic mass is 16.2. The van der Waals surface area contributed by atoms with Crippen LogP contribution in [0.25, 0.3) is 0 Å². The summed E-state index contributed by atoms with van der Waals surface area (Å²) in [5.74, 6) is 1.14. The number of amides is 2. The van der Waals surface area contributed by atoms with Crippen LogP contribution in [0.5, 0.6) is 0 Å². The standard InChI is InChI=1S/C22H30N4O2/c1-2-25-9-11-26(12-10-25)21(28)18-13-16-8-7-15(18)14-22(16)23-19-6-4-3-5-17(19)20(27)24-22/h3-6,15-16,18,23H,2,7-14H2,1H3,(H,24,27)/t15-,16-,18+,22+/m1/s1. The molecule has 3 saturated carbocycles. The first-order valence-corrected chi connectivity index (χ1v) is 10.8. The zero-order valence-corrected chi connectivity index (χ0v) is 16.6. The molecular formula is C22H30N4O2. The Morgan fingerprint density at radius 1 is 1.14 bits per heavy atom. The van der Waals surface area contributed by atoms with Crippen LogP contribution >= 0.6 is 0 Å². The maximum atomic E-state index is 13.3. The molecule has 1 saturated heterocycles. The summed E-state index contributed by atoms with van der Waals surface area (Å²) in [5.41, 5.74) is 1.26. The second kappa shape index (κ2) is 6.76. The molecule has 150 valence electrons. The average Bonchev–Trinajstić information content (AvgIpc) is 2.73. The number of nitrogens with one attached hydrogen (secondary N) is 2. The largest absolute Gasteiger partial charge is 0.362 e. The van der Waals surface area contributed by atoms with Gasteiger partial charge in [-0.05, 0) is 50.3 Å². The van der Waals surface area contributed by atoms with E-state index in [0.717, 1.165) is 69.7 Å². The molecule has 2 heterocycles. The molecule has 3 aliphatic carbocycles. The van der Waals surface area contributed by atoms with Crippen molar-refractivity contribution in [3.63, 3.8) is 0 Å². The molecule has 2 N–H and O–H groups in total. The molecule has 4 atom stereocenters. The van der Waals surface area contributed by atoms with Gasteiger partial charge in [0.15, 0.2) is 0 Å². The lowest BCUT2D eigenvalue weighted by Crippen LogP contribution is -2.68. The Morgan fingerprint density at radius 3 is 2.64 bits per heavy atom. The fourth-order valence-electron chi connectivity index (χ4n) is 5.96. The van der Waals surface area contributed by atoms with Crippen molar-refractivity contribution in [2.75, 3.05) is 38.0 Å². The maximum Gasteiger partial charge on any atom is 0.255 e. The molecule has 0 aromatic heterocycles. The molecule has 1 aromatic rings. The molecule has 2 bridgehead atoms. The van der Waals surface area contributed by atoms with Gasteiger partial charge in [-0.25, -0.2) is 0 Å². The summed E-state index contributed by atoms with van der Waals surface area (Å²) in [6.45, 7) is 6.93. The highest BCUT2D eigenvalue weighted by molar-refractivity contribution is 6.02. The Kier molecular flexibility index (Phi) is 4.34. The number of rotatable bonds is 2. The van der Waals surface area contributed by atoms with E-state index in [1.807, 2.05) is 24.3 Å². The molecule has 6 rings (SSSR count). The number of carbonyl (C=O) groups excluding carboxylic acids is 2. The minimum atomic E-state index is -0.383. The summed E-state index contributed by atoms with van der Waals surface area (Å²) in [6, 6.07) is 7.74. The van der Waals surface area contributed by atoms with Gasteiger partial charge in [-0.1, -0.05) is 19.1 Å². The Labute approximate surface area is 166 Å². The van der Waals surface area contributed by atoms with Crippen molar-refractivity contribution in [1.82, 2.24) is 15.1 Å². The summed E-state index contributed by atoms with van der Waals surface area (Å²) in [4.78, 5) is 30.5. The van der Waals surface area contributed by atoms with Crippen LogP contribution in [-0.4, -0.2) is 60.0 Å². The van der Waals surface area contributed by atoms with Gasteiger partial charge in [0.25, 0.3) is 5.91 Å². The van der Waals surface area contributed by atoms with E-state index in [0.29, 0.717) is 17.7 Å². The van der Waals surface area contributed by atoms with Gasteiger partial charge in [-0.3, -0.25) is 9.59 Å². The predicted octanol–water partition coefficient (Wildman–Crippen LogP) is 2.14. The third-order valence-corrected chi connectivity index (χ3v) is 7.59. The number of hydrogen-bond donors (Lipinski definition) is 2. The molecule has 0 radical (unpaired) electrons. The van der Waals surface area contributed by atoms with Gasteiger partial charge in [0, 0.05) is 43.7 Å². The highest BCUT2D eigenvalue weighted by Gasteiger charge is 2.55. The lowest BCUT2D eigenvalue weighted by molar-refractivity contribution is -0.144. The van der Waals surface area contributed by atoms with Gasteiger partial charge in [-0.15, -0.1) is 0 Å². The van der Waals surface area contributed by atoms with E-state index in [1.165, 1.54) is 0 Å². The number of para-hydroxylation sites is 1. The first kappa shape index (κ1) is 18.0. The van der Waals surface area contributed by atoms with Crippen molar-refractivity contribution in [2.45, 2.75) is 38.3 Å². The Balaban J connectivity index is 1.32. The van der Waals surface area contributed by atoms with Crippen LogP contribution in [0.4, 0.5) is 5.69 Å². The van der Waals surface area contributed by atoms with Gasteiger partial charge in [0.05, 0.1) is 5.56 Å². The zero-order valence-electron chi connectivity index (χ0n) is 16.6. The van der Waals surface area contributed by atoms with Crippen LogP contribution in [0.1, 0.15) is 43.0 Å². The molecule has 1 spiro atoms.